The maximum atomic E-state index is 13.6. The molecule has 27 heavy (non-hydrogen) atoms. The summed E-state index contributed by atoms with van der Waals surface area (Å²) in [7, 11) is 0. The summed E-state index contributed by atoms with van der Waals surface area (Å²) in [6.45, 7) is 1.13. The summed E-state index contributed by atoms with van der Waals surface area (Å²) in [6.07, 6.45) is 4.26. The molecule has 2 aromatic rings. The number of hydrogen-bond donors (Lipinski definition) is 1. The summed E-state index contributed by atoms with van der Waals surface area (Å²) < 4.78 is 18.8. The maximum absolute atomic E-state index is 13.6. The number of benzene rings is 2. The lowest BCUT2D eigenvalue weighted by Crippen LogP contribution is -2.33. The molecule has 1 aliphatic heterocycles. The van der Waals surface area contributed by atoms with Gasteiger partial charge in [-0.2, -0.15) is 0 Å². The van der Waals surface area contributed by atoms with Crippen LogP contribution in [-0.4, -0.2) is 36.4 Å². The van der Waals surface area contributed by atoms with E-state index in [1.165, 1.54) is 12.1 Å². The van der Waals surface area contributed by atoms with Crippen molar-refractivity contribution in [3.8, 4) is 5.75 Å². The molecule has 2 amide bonds. The summed E-state index contributed by atoms with van der Waals surface area (Å²) in [5.74, 6) is -1.04. The van der Waals surface area contributed by atoms with Crippen LogP contribution in [-0.2, 0) is 4.79 Å². The number of rotatable bonds is 5. The van der Waals surface area contributed by atoms with E-state index in [9.17, 15) is 14.0 Å². The van der Waals surface area contributed by atoms with Crippen molar-refractivity contribution in [1.82, 2.24) is 4.90 Å². The van der Waals surface area contributed by atoms with Crippen molar-refractivity contribution in [1.29, 1.82) is 0 Å². The average Bonchev–Trinajstić information content (AvgIpc) is 2.97. The Bertz CT molecular complexity index is 802. The molecule has 6 heteroatoms. The lowest BCUT2D eigenvalue weighted by Gasteiger charge is -2.22. The summed E-state index contributed by atoms with van der Waals surface area (Å²) >= 11 is 0. The first-order valence-corrected chi connectivity index (χ1v) is 9.20. The molecular weight excluding hydrogens is 347 g/mol. The topological polar surface area (TPSA) is 58.6 Å². The average molecular weight is 370 g/mol. The van der Waals surface area contributed by atoms with E-state index in [4.69, 9.17) is 4.74 Å². The Morgan fingerprint density at radius 1 is 0.963 bits per heavy atom. The van der Waals surface area contributed by atoms with Gasteiger partial charge in [0, 0.05) is 13.1 Å². The van der Waals surface area contributed by atoms with Crippen molar-refractivity contribution >= 4 is 17.5 Å². The third-order valence-corrected chi connectivity index (χ3v) is 4.52. The number of likely N-dealkylation sites (tertiary alicyclic amines) is 1. The van der Waals surface area contributed by atoms with Crippen LogP contribution < -0.4 is 10.1 Å². The molecule has 1 N–H and O–H groups in total. The molecule has 2 aromatic carbocycles. The SMILES string of the molecule is O=C(COc1ccccc1F)Nc1ccccc1C(=O)N1CCCCCC1. The molecule has 5 nitrogen and oxygen atoms in total. The molecule has 0 atom stereocenters. The highest BCUT2D eigenvalue weighted by molar-refractivity contribution is 6.04. The van der Waals surface area contributed by atoms with Gasteiger partial charge >= 0.3 is 0 Å². The third kappa shape index (κ3) is 5.06. The van der Waals surface area contributed by atoms with E-state index in [1.54, 1.807) is 36.4 Å². The number of amides is 2. The highest BCUT2D eigenvalue weighted by Crippen LogP contribution is 2.20. The number of ether oxygens (including phenoxy) is 1. The molecule has 0 spiro atoms. The van der Waals surface area contributed by atoms with Crippen LogP contribution in [0.15, 0.2) is 48.5 Å². The Kier molecular flexibility index (Phi) is 6.41. The highest BCUT2D eigenvalue weighted by atomic mass is 19.1. The molecule has 0 unspecified atom stereocenters. The van der Waals surface area contributed by atoms with Gasteiger partial charge in [0.25, 0.3) is 11.8 Å². The fourth-order valence-corrected chi connectivity index (χ4v) is 3.11. The molecule has 1 aliphatic rings. The number of para-hydroxylation sites is 2. The van der Waals surface area contributed by atoms with Crippen molar-refractivity contribution in [2.24, 2.45) is 0 Å². The predicted molar refractivity (Wildman–Crippen MR) is 101 cm³/mol. The molecule has 0 radical (unpaired) electrons. The van der Waals surface area contributed by atoms with E-state index in [0.717, 1.165) is 38.8 Å². The zero-order chi connectivity index (χ0) is 19.1. The van der Waals surface area contributed by atoms with E-state index in [1.807, 2.05) is 4.90 Å². The van der Waals surface area contributed by atoms with E-state index in [0.29, 0.717) is 11.3 Å². The minimum Gasteiger partial charge on any atom is -0.481 e. The Morgan fingerprint density at radius 3 is 2.37 bits per heavy atom. The van der Waals surface area contributed by atoms with E-state index >= 15 is 0 Å². The second kappa shape index (κ2) is 9.16. The zero-order valence-electron chi connectivity index (χ0n) is 15.1. The molecule has 0 bridgehead atoms. The number of hydrogen-bond acceptors (Lipinski definition) is 3. The van der Waals surface area contributed by atoms with Crippen LogP contribution in [0.5, 0.6) is 5.75 Å². The van der Waals surface area contributed by atoms with Crippen LogP contribution in [0.1, 0.15) is 36.0 Å². The number of halogens is 1. The van der Waals surface area contributed by atoms with Gasteiger partial charge in [0.2, 0.25) is 0 Å². The van der Waals surface area contributed by atoms with Gasteiger partial charge in [-0.1, -0.05) is 37.1 Å². The van der Waals surface area contributed by atoms with E-state index < -0.39 is 11.7 Å². The Morgan fingerprint density at radius 2 is 1.63 bits per heavy atom. The quantitative estimate of drug-likeness (QED) is 0.869. The molecule has 142 valence electrons. The summed E-state index contributed by atoms with van der Waals surface area (Å²) in [4.78, 5) is 26.9. The van der Waals surface area contributed by atoms with E-state index in [2.05, 4.69) is 5.32 Å². The first-order chi connectivity index (χ1) is 13.1. The predicted octanol–water partition coefficient (Wildman–Crippen LogP) is 3.86. The standard InChI is InChI=1S/C21H23FN2O3/c22-17-10-4-6-12-19(17)27-15-20(25)23-18-11-5-3-9-16(18)21(26)24-13-7-1-2-8-14-24/h3-6,9-12H,1-2,7-8,13-15H2,(H,23,25). The third-order valence-electron chi connectivity index (χ3n) is 4.52. The Hall–Kier alpha value is -2.89. The van der Waals surface area contributed by atoms with E-state index in [-0.39, 0.29) is 18.3 Å². The molecule has 3 rings (SSSR count). The lowest BCUT2D eigenvalue weighted by atomic mass is 10.1. The number of carbonyl (C=O) groups is 2. The van der Waals surface area contributed by atoms with Crippen LogP contribution in [0, 0.1) is 5.82 Å². The van der Waals surface area contributed by atoms with Crippen molar-refractivity contribution in [3.05, 3.63) is 59.9 Å². The van der Waals surface area contributed by atoms with Gasteiger partial charge in [0.15, 0.2) is 18.2 Å². The molecule has 1 heterocycles. The normalized spacial score (nSPS) is 14.3. The molecule has 0 aromatic heterocycles. The molecule has 0 aliphatic carbocycles. The van der Waals surface area contributed by atoms with Crippen molar-refractivity contribution < 1.29 is 18.7 Å². The van der Waals surface area contributed by atoms with Crippen LogP contribution in [0.3, 0.4) is 0 Å². The van der Waals surface area contributed by atoms with Gasteiger partial charge in [-0.15, -0.1) is 0 Å². The largest absolute Gasteiger partial charge is 0.481 e. The number of nitrogens with zero attached hydrogens (tertiary/aromatic N) is 1. The fraction of sp³-hybridized carbons (Fsp3) is 0.333. The monoisotopic (exact) mass is 370 g/mol. The molecule has 1 saturated heterocycles. The smallest absolute Gasteiger partial charge is 0.262 e. The first kappa shape index (κ1) is 18.9. The fourth-order valence-electron chi connectivity index (χ4n) is 3.11. The highest BCUT2D eigenvalue weighted by Gasteiger charge is 2.20. The Balaban J connectivity index is 1.65. The van der Waals surface area contributed by atoms with Gasteiger partial charge < -0.3 is 15.0 Å². The minimum absolute atomic E-state index is 0.0154. The second-order valence-electron chi connectivity index (χ2n) is 6.52. The van der Waals surface area contributed by atoms with Gasteiger partial charge in [0.05, 0.1) is 11.3 Å². The lowest BCUT2D eigenvalue weighted by molar-refractivity contribution is -0.118. The van der Waals surface area contributed by atoms with Gasteiger partial charge in [-0.3, -0.25) is 9.59 Å². The van der Waals surface area contributed by atoms with Crippen molar-refractivity contribution in [2.75, 3.05) is 25.0 Å². The minimum atomic E-state index is -0.526. The molecule has 0 saturated carbocycles. The van der Waals surface area contributed by atoms with Crippen molar-refractivity contribution in [3.63, 3.8) is 0 Å². The molecule has 1 fully saturated rings. The van der Waals surface area contributed by atoms with Gasteiger partial charge in [-0.05, 0) is 37.1 Å². The van der Waals surface area contributed by atoms with Crippen LogP contribution in [0.4, 0.5) is 10.1 Å². The van der Waals surface area contributed by atoms with Gasteiger partial charge in [0.1, 0.15) is 0 Å². The number of anilines is 1. The summed E-state index contributed by atoms with van der Waals surface area (Å²) in [5.41, 5.74) is 0.896. The second-order valence-corrected chi connectivity index (χ2v) is 6.52. The van der Waals surface area contributed by atoms with Crippen LogP contribution >= 0.6 is 0 Å². The Labute approximate surface area is 158 Å². The number of carbonyl (C=O) groups excluding carboxylic acids is 2. The van der Waals surface area contributed by atoms with Gasteiger partial charge in [-0.25, -0.2) is 4.39 Å². The first-order valence-electron chi connectivity index (χ1n) is 9.20. The summed E-state index contributed by atoms with van der Waals surface area (Å²) in [5, 5.41) is 2.70. The van der Waals surface area contributed by atoms with Crippen LogP contribution in [0.2, 0.25) is 0 Å². The zero-order valence-corrected chi connectivity index (χ0v) is 15.1. The van der Waals surface area contributed by atoms with Crippen molar-refractivity contribution in [2.45, 2.75) is 25.7 Å². The van der Waals surface area contributed by atoms with Crippen LogP contribution in [0.25, 0.3) is 0 Å². The maximum Gasteiger partial charge on any atom is 0.262 e. The molecular formula is C21H23FN2O3. The summed E-state index contributed by atoms with van der Waals surface area (Å²) in [6, 6.07) is 12.8. The number of nitrogens with one attached hydrogen (secondary N) is 1.